The van der Waals surface area contributed by atoms with Gasteiger partial charge in [-0.2, -0.15) is 0 Å². The first kappa shape index (κ1) is 17.5. The summed E-state index contributed by atoms with van der Waals surface area (Å²) >= 11 is 3.38. The average Bonchev–Trinajstić information content (AvgIpc) is 2.45. The molecule has 0 bridgehead atoms. The van der Waals surface area contributed by atoms with Crippen molar-refractivity contribution >= 4 is 32.8 Å². The molecule has 1 heterocycles. The molecule has 0 unspecified atom stereocenters. The van der Waals surface area contributed by atoms with Gasteiger partial charge in [0.1, 0.15) is 5.56 Å². The highest BCUT2D eigenvalue weighted by molar-refractivity contribution is 9.10. The predicted octanol–water partition coefficient (Wildman–Crippen LogP) is 3.82. The Kier molecular flexibility index (Phi) is 5.14. The normalized spacial score (nSPS) is 11.3. The largest absolute Gasteiger partial charge is 0.493 e. The quantitative estimate of drug-likeness (QED) is 0.755. The highest BCUT2D eigenvalue weighted by Gasteiger charge is 2.25. The lowest BCUT2D eigenvalue weighted by atomic mass is 10.1. The molecule has 0 aliphatic carbocycles. The molecule has 2 aromatic rings. The number of carbonyl (C=O) groups is 1. The first-order valence-electron chi connectivity index (χ1n) is 7.40. The molecule has 0 spiro atoms. The van der Waals surface area contributed by atoms with Gasteiger partial charge in [-0.15, -0.1) is 0 Å². The van der Waals surface area contributed by atoms with Crippen molar-refractivity contribution in [3.63, 3.8) is 0 Å². The maximum Gasteiger partial charge on any atom is 0.349 e. The number of methoxy groups -OCH3 is 1. The number of hydrogen-bond donors (Lipinski definition) is 0. The second kappa shape index (κ2) is 6.74. The number of nitrogens with zero attached hydrogens (tertiary/aromatic N) is 1. The van der Waals surface area contributed by atoms with Crippen LogP contribution in [0.2, 0.25) is 0 Å². The number of ether oxygens (including phenoxy) is 1. The van der Waals surface area contributed by atoms with Crippen molar-refractivity contribution in [3.8, 4) is 5.75 Å². The van der Waals surface area contributed by atoms with E-state index in [-0.39, 0.29) is 23.6 Å². The summed E-state index contributed by atoms with van der Waals surface area (Å²) in [6.45, 7) is 7.67. The van der Waals surface area contributed by atoms with Crippen molar-refractivity contribution in [2.45, 2.75) is 39.8 Å². The molecule has 5 nitrogen and oxygen atoms in total. The van der Waals surface area contributed by atoms with Crippen LogP contribution < -0.4 is 10.4 Å². The van der Waals surface area contributed by atoms with Crippen LogP contribution in [0.3, 0.4) is 0 Å². The second-order valence-corrected chi connectivity index (χ2v) is 6.79. The molecule has 124 valence electrons. The van der Waals surface area contributed by atoms with Gasteiger partial charge < -0.3 is 14.1 Å². The highest BCUT2D eigenvalue weighted by Crippen LogP contribution is 2.29. The van der Waals surface area contributed by atoms with Gasteiger partial charge in [0.25, 0.3) is 5.91 Å². The van der Waals surface area contributed by atoms with E-state index in [0.29, 0.717) is 16.7 Å². The van der Waals surface area contributed by atoms with Gasteiger partial charge in [-0.05, 0) is 45.9 Å². The van der Waals surface area contributed by atoms with E-state index >= 15 is 0 Å². The van der Waals surface area contributed by atoms with Crippen molar-refractivity contribution in [2.24, 2.45) is 0 Å². The van der Waals surface area contributed by atoms with Gasteiger partial charge in [0.15, 0.2) is 11.3 Å². The summed E-state index contributed by atoms with van der Waals surface area (Å²) in [5.41, 5.74) is -0.299. The molecule has 0 aliphatic heterocycles. The van der Waals surface area contributed by atoms with Gasteiger partial charge >= 0.3 is 5.63 Å². The minimum Gasteiger partial charge on any atom is -0.493 e. The average molecular weight is 382 g/mol. The second-order valence-electron chi connectivity index (χ2n) is 5.87. The van der Waals surface area contributed by atoms with Gasteiger partial charge in [-0.25, -0.2) is 4.79 Å². The summed E-state index contributed by atoms with van der Waals surface area (Å²) in [5, 5.41) is 0.631. The molecule has 0 radical (unpaired) electrons. The minimum atomic E-state index is -0.658. The monoisotopic (exact) mass is 381 g/mol. The molecule has 1 aromatic heterocycles. The molecule has 1 amide bonds. The Labute approximate surface area is 143 Å². The molecule has 1 aromatic carbocycles. The zero-order valence-corrected chi connectivity index (χ0v) is 15.4. The van der Waals surface area contributed by atoms with E-state index < -0.39 is 5.63 Å². The zero-order valence-electron chi connectivity index (χ0n) is 13.8. The summed E-state index contributed by atoms with van der Waals surface area (Å²) in [6.07, 6.45) is 0. The van der Waals surface area contributed by atoms with Gasteiger partial charge in [-0.1, -0.05) is 15.9 Å². The number of amides is 1. The molecule has 0 atom stereocenters. The van der Waals surface area contributed by atoms with E-state index in [2.05, 4.69) is 15.9 Å². The number of hydrogen-bond acceptors (Lipinski definition) is 4. The number of fused-ring (bicyclic) bond motifs is 1. The standard InChI is InChI=1S/C17H20BrNO4/c1-9(2)19(10(3)4)16(20)13-7-11-6-12(18)8-14(22-5)15(11)23-17(13)21/h6-10H,1-5H3. The number of halogens is 1. The lowest BCUT2D eigenvalue weighted by molar-refractivity contribution is 0.0639. The van der Waals surface area contributed by atoms with E-state index in [1.165, 1.54) is 7.11 Å². The van der Waals surface area contributed by atoms with E-state index in [9.17, 15) is 9.59 Å². The molecular formula is C17H20BrNO4. The fraction of sp³-hybridized carbons (Fsp3) is 0.412. The van der Waals surface area contributed by atoms with Crippen LogP contribution in [0, 0.1) is 0 Å². The van der Waals surface area contributed by atoms with Crippen LogP contribution in [0.1, 0.15) is 38.1 Å². The fourth-order valence-electron chi connectivity index (χ4n) is 2.67. The topological polar surface area (TPSA) is 59.8 Å². The van der Waals surface area contributed by atoms with Gasteiger partial charge in [0, 0.05) is 21.9 Å². The number of rotatable bonds is 4. The summed E-state index contributed by atoms with van der Waals surface area (Å²) in [5.74, 6) is 0.111. The minimum absolute atomic E-state index is 0.0188. The Bertz CT molecular complexity index is 787. The van der Waals surface area contributed by atoms with Crippen LogP contribution in [-0.4, -0.2) is 30.0 Å². The van der Waals surface area contributed by atoms with Crippen molar-refractivity contribution in [2.75, 3.05) is 7.11 Å². The molecule has 6 heteroatoms. The first-order valence-corrected chi connectivity index (χ1v) is 8.19. The Morgan fingerprint density at radius 2 is 1.78 bits per heavy atom. The van der Waals surface area contributed by atoms with E-state index in [1.807, 2.05) is 27.7 Å². The van der Waals surface area contributed by atoms with E-state index in [1.54, 1.807) is 23.1 Å². The molecule has 2 rings (SSSR count). The summed E-state index contributed by atoms with van der Waals surface area (Å²) in [4.78, 5) is 26.7. The van der Waals surface area contributed by atoms with Crippen molar-refractivity contribution in [1.82, 2.24) is 4.90 Å². The van der Waals surface area contributed by atoms with Crippen LogP contribution in [0.15, 0.2) is 31.9 Å². The lowest BCUT2D eigenvalue weighted by Crippen LogP contribution is -2.43. The summed E-state index contributed by atoms with van der Waals surface area (Å²) in [6, 6.07) is 5.02. The predicted molar refractivity (Wildman–Crippen MR) is 93.2 cm³/mol. The summed E-state index contributed by atoms with van der Waals surface area (Å²) in [7, 11) is 1.50. The third-order valence-electron chi connectivity index (χ3n) is 3.56. The van der Waals surface area contributed by atoms with Crippen molar-refractivity contribution < 1.29 is 13.9 Å². The van der Waals surface area contributed by atoms with Crippen LogP contribution in [0.25, 0.3) is 11.0 Å². The maximum atomic E-state index is 12.8. The Balaban J connectivity index is 2.65. The Hall–Kier alpha value is -1.82. The molecule has 0 saturated heterocycles. The van der Waals surface area contributed by atoms with Crippen LogP contribution >= 0.6 is 15.9 Å². The SMILES string of the molecule is COc1cc(Br)cc2cc(C(=O)N(C(C)C)C(C)C)c(=O)oc12. The highest BCUT2D eigenvalue weighted by atomic mass is 79.9. The fourth-order valence-corrected chi connectivity index (χ4v) is 3.13. The maximum absolute atomic E-state index is 12.8. The van der Waals surface area contributed by atoms with E-state index in [4.69, 9.17) is 9.15 Å². The number of benzene rings is 1. The summed E-state index contributed by atoms with van der Waals surface area (Å²) < 4.78 is 11.4. The van der Waals surface area contributed by atoms with Gasteiger partial charge in [-0.3, -0.25) is 4.79 Å². The smallest absolute Gasteiger partial charge is 0.349 e. The molecular weight excluding hydrogens is 362 g/mol. The van der Waals surface area contributed by atoms with Gasteiger partial charge in [0.05, 0.1) is 7.11 Å². The van der Waals surface area contributed by atoms with Crippen molar-refractivity contribution in [1.29, 1.82) is 0 Å². The Morgan fingerprint density at radius 3 is 2.30 bits per heavy atom. The zero-order chi connectivity index (χ0) is 17.3. The first-order chi connectivity index (χ1) is 10.8. The van der Waals surface area contributed by atoms with Crippen LogP contribution in [-0.2, 0) is 0 Å². The van der Waals surface area contributed by atoms with Crippen LogP contribution in [0.5, 0.6) is 5.75 Å². The molecule has 0 saturated carbocycles. The third-order valence-corrected chi connectivity index (χ3v) is 4.02. The molecule has 0 N–H and O–H groups in total. The van der Waals surface area contributed by atoms with Gasteiger partial charge in [0.2, 0.25) is 0 Å². The lowest BCUT2D eigenvalue weighted by Gasteiger charge is -2.30. The number of carbonyl (C=O) groups excluding carboxylic acids is 1. The third kappa shape index (κ3) is 3.42. The van der Waals surface area contributed by atoms with Crippen molar-refractivity contribution in [3.05, 3.63) is 38.7 Å². The van der Waals surface area contributed by atoms with E-state index in [0.717, 1.165) is 4.47 Å². The Morgan fingerprint density at radius 1 is 1.17 bits per heavy atom. The molecule has 0 fully saturated rings. The molecule has 0 aliphatic rings. The van der Waals surface area contributed by atoms with Crippen LogP contribution in [0.4, 0.5) is 0 Å². The molecule has 23 heavy (non-hydrogen) atoms.